The highest BCUT2D eigenvalue weighted by Crippen LogP contribution is 2.25. The van der Waals surface area contributed by atoms with E-state index >= 15 is 0 Å². The number of fused-ring (bicyclic) bond motifs is 1. The number of aromatic nitrogens is 4. The van der Waals surface area contributed by atoms with E-state index in [0.717, 1.165) is 25.2 Å². The van der Waals surface area contributed by atoms with Gasteiger partial charge < -0.3 is 9.47 Å². The molecule has 3 aromatic heterocycles. The van der Waals surface area contributed by atoms with Crippen molar-refractivity contribution in [2.75, 3.05) is 13.1 Å². The summed E-state index contributed by atoms with van der Waals surface area (Å²) in [6.45, 7) is 1.57. The predicted octanol–water partition coefficient (Wildman–Crippen LogP) is 1.62. The minimum atomic E-state index is 0.0614. The summed E-state index contributed by atoms with van der Waals surface area (Å²) >= 11 is 0. The number of amides is 1. The summed E-state index contributed by atoms with van der Waals surface area (Å²) < 4.78 is 3.75. The van der Waals surface area contributed by atoms with E-state index in [9.17, 15) is 4.79 Å². The Morgan fingerprint density at radius 3 is 2.78 bits per heavy atom. The zero-order chi connectivity index (χ0) is 16.0. The van der Waals surface area contributed by atoms with Crippen molar-refractivity contribution in [1.82, 2.24) is 24.2 Å². The fraction of sp³-hybridized carbons (Fsp3) is 0.353. The first-order valence-corrected chi connectivity index (χ1v) is 7.79. The fourth-order valence-electron chi connectivity index (χ4n) is 3.36. The molecule has 23 heavy (non-hydrogen) atoms. The third-order valence-corrected chi connectivity index (χ3v) is 4.63. The van der Waals surface area contributed by atoms with Gasteiger partial charge in [0.25, 0.3) is 5.91 Å². The number of nitrogens with zero attached hydrogens (tertiary/aromatic N) is 5. The van der Waals surface area contributed by atoms with Gasteiger partial charge in [-0.1, -0.05) is 0 Å². The van der Waals surface area contributed by atoms with Gasteiger partial charge in [0.15, 0.2) is 0 Å². The van der Waals surface area contributed by atoms with Crippen molar-refractivity contribution >= 4 is 16.8 Å². The second-order valence-corrected chi connectivity index (χ2v) is 6.24. The lowest BCUT2D eigenvalue weighted by molar-refractivity contribution is 0.0489. The summed E-state index contributed by atoms with van der Waals surface area (Å²) in [6.07, 6.45) is 6.50. The zero-order valence-corrected chi connectivity index (χ0v) is 13.3. The smallest absolute Gasteiger partial charge is 0.272 e. The second kappa shape index (κ2) is 5.22. The molecule has 0 saturated carbocycles. The van der Waals surface area contributed by atoms with E-state index in [0.29, 0.717) is 11.6 Å². The van der Waals surface area contributed by atoms with Crippen LogP contribution in [-0.2, 0) is 20.5 Å². The van der Waals surface area contributed by atoms with E-state index in [1.165, 1.54) is 10.9 Å². The van der Waals surface area contributed by atoms with Crippen molar-refractivity contribution in [3.05, 3.63) is 48.2 Å². The van der Waals surface area contributed by atoms with Crippen molar-refractivity contribution in [3.63, 3.8) is 0 Å². The van der Waals surface area contributed by atoms with Crippen LogP contribution in [0.3, 0.4) is 0 Å². The van der Waals surface area contributed by atoms with Crippen LogP contribution in [-0.4, -0.2) is 43.2 Å². The predicted molar refractivity (Wildman–Crippen MR) is 87.0 cm³/mol. The van der Waals surface area contributed by atoms with Gasteiger partial charge in [-0.05, 0) is 30.5 Å². The van der Waals surface area contributed by atoms with Gasteiger partial charge in [-0.2, -0.15) is 5.10 Å². The second-order valence-electron chi connectivity index (χ2n) is 6.24. The van der Waals surface area contributed by atoms with Gasteiger partial charge in [-0.25, -0.2) is 0 Å². The number of pyridine rings is 1. The van der Waals surface area contributed by atoms with Gasteiger partial charge in [-0.3, -0.25) is 14.5 Å². The molecule has 0 atom stereocenters. The lowest BCUT2D eigenvalue weighted by atomic mass is 9.93. The van der Waals surface area contributed by atoms with Crippen LogP contribution in [0.5, 0.6) is 0 Å². The Hall–Kier alpha value is -2.63. The number of hydrogen-bond donors (Lipinski definition) is 0. The van der Waals surface area contributed by atoms with E-state index in [2.05, 4.69) is 26.9 Å². The average Bonchev–Trinajstić information content (AvgIpc) is 3.09. The first-order valence-electron chi connectivity index (χ1n) is 7.79. The highest BCUT2D eigenvalue weighted by Gasteiger charge is 2.33. The molecule has 1 saturated heterocycles. The number of hydrogen-bond acceptors (Lipinski definition) is 3. The Kier molecular flexibility index (Phi) is 3.18. The molecule has 0 aromatic carbocycles. The number of aryl methyl sites for hydroxylation is 2. The van der Waals surface area contributed by atoms with Gasteiger partial charge in [-0.15, -0.1) is 0 Å². The molecule has 0 N–H and O–H groups in total. The molecule has 118 valence electrons. The van der Waals surface area contributed by atoms with Crippen LogP contribution < -0.4 is 0 Å². The van der Waals surface area contributed by atoms with Crippen LogP contribution in [0.25, 0.3) is 10.9 Å². The molecule has 4 heterocycles. The van der Waals surface area contributed by atoms with Crippen molar-refractivity contribution in [2.45, 2.75) is 6.42 Å². The lowest BCUT2D eigenvalue weighted by Crippen LogP contribution is -2.51. The lowest BCUT2D eigenvalue weighted by Gasteiger charge is -2.39. The van der Waals surface area contributed by atoms with E-state index in [1.54, 1.807) is 24.0 Å². The van der Waals surface area contributed by atoms with Gasteiger partial charge in [0.1, 0.15) is 5.69 Å². The third-order valence-electron chi connectivity index (χ3n) is 4.63. The first kappa shape index (κ1) is 14.0. The highest BCUT2D eigenvalue weighted by atomic mass is 16.2. The summed E-state index contributed by atoms with van der Waals surface area (Å²) in [7, 11) is 3.84. The Morgan fingerprint density at radius 2 is 2.04 bits per heavy atom. The van der Waals surface area contributed by atoms with Gasteiger partial charge in [0.2, 0.25) is 0 Å². The highest BCUT2D eigenvalue weighted by molar-refractivity contribution is 5.93. The summed E-state index contributed by atoms with van der Waals surface area (Å²) in [5.74, 6) is 0.534. The Labute approximate surface area is 134 Å². The van der Waals surface area contributed by atoms with E-state index in [4.69, 9.17) is 0 Å². The molecule has 6 heteroatoms. The average molecular weight is 309 g/mol. The molecule has 0 aliphatic carbocycles. The quantitative estimate of drug-likeness (QED) is 0.739. The molecule has 6 nitrogen and oxygen atoms in total. The maximum absolute atomic E-state index is 12.4. The molecular weight excluding hydrogens is 290 g/mol. The molecule has 0 spiro atoms. The molecule has 0 bridgehead atoms. The molecule has 0 unspecified atom stereocenters. The van der Waals surface area contributed by atoms with E-state index in [-0.39, 0.29) is 5.91 Å². The van der Waals surface area contributed by atoms with E-state index < -0.39 is 0 Å². The largest absolute Gasteiger partial charge is 0.349 e. The molecule has 3 aromatic rings. The Balaban J connectivity index is 1.45. The fourth-order valence-corrected chi connectivity index (χ4v) is 3.36. The van der Waals surface area contributed by atoms with Crippen LogP contribution in [0.15, 0.2) is 36.8 Å². The van der Waals surface area contributed by atoms with Crippen molar-refractivity contribution in [1.29, 1.82) is 0 Å². The van der Waals surface area contributed by atoms with Gasteiger partial charge >= 0.3 is 0 Å². The summed E-state index contributed by atoms with van der Waals surface area (Å²) in [5.41, 5.74) is 2.96. The van der Waals surface area contributed by atoms with Crippen molar-refractivity contribution < 1.29 is 4.79 Å². The zero-order valence-electron chi connectivity index (χ0n) is 13.3. The van der Waals surface area contributed by atoms with Crippen LogP contribution in [0.2, 0.25) is 0 Å². The molecule has 4 rings (SSSR count). The molecular formula is C17H19N5O. The number of carbonyl (C=O) groups is 1. The van der Waals surface area contributed by atoms with Crippen LogP contribution in [0, 0.1) is 5.92 Å². The van der Waals surface area contributed by atoms with Crippen LogP contribution in [0.4, 0.5) is 0 Å². The maximum Gasteiger partial charge on any atom is 0.272 e. The van der Waals surface area contributed by atoms with Gasteiger partial charge in [0.05, 0.1) is 11.2 Å². The summed E-state index contributed by atoms with van der Waals surface area (Å²) in [4.78, 5) is 18.8. The van der Waals surface area contributed by atoms with Crippen LogP contribution in [0.1, 0.15) is 16.2 Å². The normalized spacial score (nSPS) is 15.1. The minimum Gasteiger partial charge on any atom is -0.349 e. The standard InChI is InChI=1S/C17H19N5O/c1-20-8-5-13-3-6-18-14(16(13)20)9-12-10-22(11-12)17(23)15-4-7-19-21(15)2/h3-8,12H,9-11H2,1-2H3. The summed E-state index contributed by atoms with van der Waals surface area (Å²) in [5, 5.41) is 5.28. The number of carbonyl (C=O) groups excluding carboxylic acids is 1. The number of likely N-dealkylation sites (tertiary alicyclic amines) is 1. The summed E-state index contributed by atoms with van der Waals surface area (Å²) in [6, 6.07) is 5.92. The first-order chi connectivity index (χ1) is 11.1. The SMILES string of the molecule is Cn1nccc1C(=O)N1CC(Cc2nccc3ccn(C)c23)C1. The maximum atomic E-state index is 12.4. The van der Waals surface area contributed by atoms with Crippen molar-refractivity contribution in [3.8, 4) is 0 Å². The molecule has 1 aliphatic rings. The molecule has 1 amide bonds. The van der Waals surface area contributed by atoms with Crippen molar-refractivity contribution in [2.24, 2.45) is 20.0 Å². The van der Waals surface area contributed by atoms with Gasteiger partial charge in [0, 0.05) is 51.2 Å². The Morgan fingerprint density at radius 1 is 1.22 bits per heavy atom. The van der Waals surface area contributed by atoms with E-state index in [1.807, 2.05) is 24.2 Å². The monoisotopic (exact) mass is 309 g/mol. The van der Waals surface area contributed by atoms with Crippen LogP contribution >= 0.6 is 0 Å². The Bertz CT molecular complexity index is 872. The number of rotatable bonds is 3. The third kappa shape index (κ3) is 2.30. The molecule has 1 aliphatic heterocycles. The minimum absolute atomic E-state index is 0.0614. The topological polar surface area (TPSA) is 56.0 Å². The molecule has 1 fully saturated rings. The molecule has 0 radical (unpaired) electrons.